The van der Waals surface area contributed by atoms with Crippen molar-refractivity contribution in [2.75, 3.05) is 20.1 Å². The average Bonchev–Trinajstić information content (AvgIpc) is 2.70. The lowest BCUT2D eigenvalue weighted by atomic mass is 9.83. The summed E-state index contributed by atoms with van der Waals surface area (Å²) in [6.45, 7) is 5.85. The number of allylic oxidation sites excluding steroid dienone is 1. The van der Waals surface area contributed by atoms with Crippen LogP contribution in [-0.4, -0.2) is 41.5 Å². The Bertz CT molecular complexity index is 987. The van der Waals surface area contributed by atoms with Crippen LogP contribution < -0.4 is 4.74 Å². The van der Waals surface area contributed by atoms with Crippen LogP contribution >= 0.6 is 0 Å². The highest BCUT2D eigenvalue weighted by Crippen LogP contribution is 2.46. The third-order valence-corrected chi connectivity index (χ3v) is 6.11. The van der Waals surface area contributed by atoms with E-state index in [-0.39, 0.29) is 17.3 Å². The largest absolute Gasteiger partial charge is 0.508 e. The number of aromatic hydroxyl groups is 1. The van der Waals surface area contributed by atoms with E-state index in [1.165, 1.54) is 0 Å². The summed E-state index contributed by atoms with van der Waals surface area (Å²) in [5, 5.41) is 20.7. The van der Waals surface area contributed by atoms with Crippen molar-refractivity contribution in [1.29, 1.82) is 0 Å². The molecular weight excluding hydrogens is 366 g/mol. The van der Waals surface area contributed by atoms with Gasteiger partial charge in [0, 0.05) is 11.1 Å². The summed E-state index contributed by atoms with van der Waals surface area (Å²) in [5.74, 6) is 0.677. The fourth-order valence-corrected chi connectivity index (χ4v) is 4.39. The van der Waals surface area contributed by atoms with Crippen LogP contribution in [0.25, 0.3) is 5.76 Å². The number of fused-ring (bicyclic) bond motifs is 1. The molecular formula is C24H27NO4. The molecule has 0 spiro atoms. The number of rotatable bonds is 3. The molecule has 5 heteroatoms. The number of phenolic OH excluding ortho intramolecular Hbond substituents is 1. The van der Waals surface area contributed by atoms with Crippen LogP contribution in [0, 0.1) is 13.8 Å². The number of hydrogen-bond donors (Lipinski definition) is 2. The molecule has 1 atom stereocenters. The Kier molecular flexibility index (Phi) is 5.09. The summed E-state index contributed by atoms with van der Waals surface area (Å²) in [5.41, 5.74) is 4.22. The highest BCUT2D eigenvalue weighted by molar-refractivity contribution is 5.80. The van der Waals surface area contributed by atoms with Crippen molar-refractivity contribution in [1.82, 2.24) is 4.90 Å². The molecule has 4 rings (SSSR count). The number of likely N-dealkylation sites (tertiary alicyclic amines) is 1. The molecule has 1 fully saturated rings. The van der Waals surface area contributed by atoms with Crippen LogP contribution in [0.1, 0.15) is 52.5 Å². The Morgan fingerprint density at radius 1 is 1.07 bits per heavy atom. The Morgan fingerprint density at radius 2 is 1.76 bits per heavy atom. The number of aliphatic hydroxyl groups excluding tert-OH is 1. The van der Waals surface area contributed by atoms with E-state index in [0.29, 0.717) is 22.8 Å². The lowest BCUT2D eigenvalue weighted by Crippen LogP contribution is -2.30. The van der Waals surface area contributed by atoms with Gasteiger partial charge in [-0.15, -0.1) is 0 Å². The first-order valence-electron chi connectivity index (χ1n) is 10.1. The molecule has 0 amide bonds. The van der Waals surface area contributed by atoms with Crippen molar-refractivity contribution < 1.29 is 19.7 Å². The topological polar surface area (TPSA) is 70.0 Å². The number of carbonyl (C=O) groups is 1. The highest BCUT2D eigenvalue weighted by Gasteiger charge is 2.34. The molecule has 0 aromatic heterocycles. The third-order valence-electron chi connectivity index (χ3n) is 6.11. The van der Waals surface area contributed by atoms with Gasteiger partial charge in [0.15, 0.2) is 11.5 Å². The number of nitrogens with zero attached hydrogens (tertiary/aromatic N) is 1. The number of hydrogen-bond acceptors (Lipinski definition) is 5. The Labute approximate surface area is 171 Å². The van der Waals surface area contributed by atoms with E-state index >= 15 is 0 Å². The van der Waals surface area contributed by atoms with Gasteiger partial charge in [0.2, 0.25) is 0 Å². The van der Waals surface area contributed by atoms with Gasteiger partial charge in [0.05, 0.1) is 0 Å². The zero-order valence-electron chi connectivity index (χ0n) is 17.1. The SMILES string of the molecule is Cc1cc(C2CCN(C)CC2)c2c(c1)C(C=O)C(O)=C(c1ccc(O)c(C)c1)O2. The van der Waals surface area contributed by atoms with Gasteiger partial charge in [-0.25, -0.2) is 0 Å². The molecule has 5 nitrogen and oxygen atoms in total. The predicted octanol–water partition coefficient (Wildman–Crippen LogP) is 4.42. The minimum atomic E-state index is -0.757. The van der Waals surface area contributed by atoms with Crippen LogP contribution in [-0.2, 0) is 4.79 Å². The maximum Gasteiger partial charge on any atom is 0.173 e. The smallest absolute Gasteiger partial charge is 0.173 e. The van der Waals surface area contributed by atoms with Gasteiger partial charge in [-0.05, 0) is 82.1 Å². The second kappa shape index (κ2) is 7.56. The van der Waals surface area contributed by atoms with Crippen molar-refractivity contribution in [3.8, 4) is 11.5 Å². The van der Waals surface area contributed by atoms with Crippen LogP contribution in [0.5, 0.6) is 11.5 Å². The third kappa shape index (κ3) is 3.51. The highest BCUT2D eigenvalue weighted by atomic mass is 16.5. The van der Waals surface area contributed by atoms with Crippen LogP contribution in [0.15, 0.2) is 36.1 Å². The summed E-state index contributed by atoms with van der Waals surface area (Å²) < 4.78 is 6.30. The van der Waals surface area contributed by atoms with Gasteiger partial charge >= 0.3 is 0 Å². The van der Waals surface area contributed by atoms with E-state index in [1.54, 1.807) is 25.1 Å². The molecule has 2 N–H and O–H groups in total. The Balaban J connectivity index is 1.82. The fraction of sp³-hybridized carbons (Fsp3) is 0.375. The van der Waals surface area contributed by atoms with Gasteiger partial charge in [-0.3, -0.25) is 0 Å². The maximum atomic E-state index is 12.0. The normalized spacial score (nSPS) is 20.3. The number of phenols is 1. The summed E-state index contributed by atoms with van der Waals surface area (Å²) in [4.78, 5) is 14.3. The standard InChI is InChI=1S/C24H27NO4/c1-14-10-18(16-6-8-25(3)9-7-16)24-19(11-14)20(13-26)22(28)23(29-24)17-4-5-21(27)15(2)12-17/h4-5,10-13,16,20,27-28H,6-9H2,1-3H3. The minimum Gasteiger partial charge on any atom is -0.508 e. The Morgan fingerprint density at radius 3 is 2.41 bits per heavy atom. The first kappa shape index (κ1) is 19.5. The number of benzene rings is 2. The van der Waals surface area contributed by atoms with Gasteiger partial charge in [-0.2, -0.15) is 0 Å². The number of aldehydes is 1. The monoisotopic (exact) mass is 393 g/mol. The maximum absolute atomic E-state index is 12.0. The molecule has 1 saturated heterocycles. The first-order chi connectivity index (χ1) is 13.9. The molecule has 0 aliphatic carbocycles. The molecule has 152 valence electrons. The van der Waals surface area contributed by atoms with E-state index in [2.05, 4.69) is 18.0 Å². The summed E-state index contributed by atoms with van der Waals surface area (Å²) >= 11 is 0. The van der Waals surface area contributed by atoms with Gasteiger partial charge in [0.25, 0.3) is 0 Å². The van der Waals surface area contributed by atoms with E-state index in [1.807, 2.05) is 13.0 Å². The molecule has 2 aromatic carbocycles. The molecule has 0 saturated carbocycles. The molecule has 2 heterocycles. The minimum absolute atomic E-state index is 0.0856. The van der Waals surface area contributed by atoms with E-state index < -0.39 is 5.92 Å². The van der Waals surface area contributed by atoms with Crippen LogP contribution in [0.4, 0.5) is 0 Å². The fourth-order valence-electron chi connectivity index (χ4n) is 4.39. The van der Waals surface area contributed by atoms with E-state index in [9.17, 15) is 15.0 Å². The molecule has 2 aliphatic rings. The lowest BCUT2D eigenvalue weighted by molar-refractivity contribution is -0.109. The first-order valence-corrected chi connectivity index (χ1v) is 10.1. The van der Waals surface area contributed by atoms with Crippen LogP contribution in [0.2, 0.25) is 0 Å². The number of piperidine rings is 1. The van der Waals surface area contributed by atoms with Crippen molar-refractivity contribution in [3.05, 3.63) is 63.9 Å². The number of ether oxygens (including phenoxy) is 1. The molecule has 2 aliphatic heterocycles. The van der Waals surface area contributed by atoms with Crippen molar-refractivity contribution in [2.24, 2.45) is 0 Å². The van der Waals surface area contributed by atoms with Crippen molar-refractivity contribution >= 4 is 12.0 Å². The molecule has 2 aromatic rings. The lowest BCUT2D eigenvalue weighted by Gasteiger charge is -2.33. The second-order valence-corrected chi connectivity index (χ2v) is 8.28. The zero-order chi connectivity index (χ0) is 20.7. The Hall–Kier alpha value is -2.79. The quantitative estimate of drug-likeness (QED) is 0.756. The van der Waals surface area contributed by atoms with Crippen LogP contribution in [0.3, 0.4) is 0 Å². The van der Waals surface area contributed by atoms with Crippen molar-refractivity contribution in [2.45, 2.75) is 38.5 Å². The summed E-state index contributed by atoms with van der Waals surface area (Å²) in [7, 11) is 2.13. The van der Waals surface area contributed by atoms with E-state index in [4.69, 9.17) is 4.74 Å². The molecule has 0 bridgehead atoms. The number of aryl methyl sites for hydroxylation is 2. The van der Waals surface area contributed by atoms with Crippen molar-refractivity contribution in [3.63, 3.8) is 0 Å². The number of carbonyl (C=O) groups excluding carboxylic acids is 1. The van der Waals surface area contributed by atoms with Gasteiger partial charge < -0.3 is 24.6 Å². The predicted molar refractivity (Wildman–Crippen MR) is 112 cm³/mol. The summed E-state index contributed by atoms with van der Waals surface area (Å²) in [6, 6.07) is 9.12. The molecule has 1 unspecified atom stereocenters. The zero-order valence-corrected chi connectivity index (χ0v) is 17.1. The average molecular weight is 393 g/mol. The second-order valence-electron chi connectivity index (χ2n) is 8.28. The van der Waals surface area contributed by atoms with E-state index in [0.717, 1.165) is 48.9 Å². The summed E-state index contributed by atoms with van der Waals surface area (Å²) in [6.07, 6.45) is 2.84. The molecule has 29 heavy (non-hydrogen) atoms. The van der Waals surface area contributed by atoms with Gasteiger partial charge in [0.1, 0.15) is 23.7 Å². The van der Waals surface area contributed by atoms with Gasteiger partial charge in [-0.1, -0.05) is 17.7 Å². The molecule has 0 radical (unpaired) electrons. The number of aliphatic hydroxyl groups is 1.